The van der Waals surface area contributed by atoms with E-state index in [1.54, 1.807) is 0 Å². The Morgan fingerprint density at radius 2 is 2.15 bits per heavy atom. The maximum absolute atomic E-state index is 13.5. The molecule has 108 valence electrons. The fourth-order valence-electron chi connectivity index (χ4n) is 2.42. The SMILES string of the molecule is CC(=O)CC1CCCN1C(=O)Nc1ccc(F)cc1F. The Balaban J connectivity index is 2.05. The highest BCUT2D eigenvalue weighted by molar-refractivity contribution is 5.90. The van der Waals surface area contributed by atoms with Crippen molar-refractivity contribution in [2.24, 2.45) is 0 Å². The summed E-state index contributed by atoms with van der Waals surface area (Å²) in [6.07, 6.45) is 1.88. The minimum Gasteiger partial charge on any atom is -0.321 e. The van der Waals surface area contributed by atoms with Gasteiger partial charge in [-0.3, -0.25) is 4.79 Å². The monoisotopic (exact) mass is 282 g/mol. The van der Waals surface area contributed by atoms with Crippen molar-refractivity contribution in [3.63, 3.8) is 0 Å². The molecular weight excluding hydrogens is 266 g/mol. The third-order valence-corrected chi connectivity index (χ3v) is 3.33. The van der Waals surface area contributed by atoms with Crippen LogP contribution in [0.4, 0.5) is 19.3 Å². The highest BCUT2D eigenvalue weighted by Crippen LogP contribution is 2.22. The van der Waals surface area contributed by atoms with Gasteiger partial charge < -0.3 is 10.2 Å². The molecule has 20 heavy (non-hydrogen) atoms. The number of halogens is 2. The van der Waals surface area contributed by atoms with Gasteiger partial charge in [-0.15, -0.1) is 0 Å². The molecule has 1 aliphatic heterocycles. The first-order valence-electron chi connectivity index (χ1n) is 6.49. The summed E-state index contributed by atoms with van der Waals surface area (Å²) in [5, 5.41) is 2.42. The standard InChI is InChI=1S/C14H16F2N2O2/c1-9(19)7-11-3-2-6-18(11)14(20)17-13-5-4-10(15)8-12(13)16/h4-5,8,11H,2-3,6-7H2,1H3,(H,17,20). The van der Waals surface area contributed by atoms with E-state index in [0.717, 1.165) is 18.9 Å². The molecule has 1 heterocycles. The molecule has 6 heteroatoms. The van der Waals surface area contributed by atoms with Crippen LogP contribution in [0, 0.1) is 11.6 Å². The smallest absolute Gasteiger partial charge is 0.321 e. The number of carbonyl (C=O) groups excluding carboxylic acids is 2. The van der Waals surface area contributed by atoms with Gasteiger partial charge in [0.05, 0.1) is 5.69 Å². The number of hydrogen-bond donors (Lipinski definition) is 1. The first kappa shape index (κ1) is 14.4. The van der Waals surface area contributed by atoms with Crippen molar-refractivity contribution >= 4 is 17.5 Å². The predicted octanol–water partition coefficient (Wildman–Crippen LogP) is 2.94. The lowest BCUT2D eigenvalue weighted by molar-refractivity contribution is -0.117. The van der Waals surface area contributed by atoms with Gasteiger partial charge in [-0.2, -0.15) is 0 Å². The summed E-state index contributed by atoms with van der Waals surface area (Å²) in [4.78, 5) is 24.8. The molecule has 0 saturated carbocycles. The molecule has 1 aliphatic rings. The van der Waals surface area contributed by atoms with Crippen LogP contribution in [0.3, 0.4) is 0 Å². The van der Waals surface area contributed by atoms with Crippen LogP contribution in [0.15, 0.2) is 18.2 Å². The summed E-state index contributed by atoms with van der Waals surface area (Å²) >= 11 is 0. The van der Waals surface area contributed by atoms with Crippen LogP contribution in [0.2, 0.25) is 0 Å². The molecule has 1 N–H and O–H groups in total. The molecule has 1 saturated heterocycles. The van der Waals surface area contributed by atoms with Crippen molar-refractivity contribution < 1.29 is 18.4 Å². The van der Waals surface area contributed by atoms with E-state index in [4.69, 9.17) is 0 Å². The number of benzene rings is 1. The van der Waals surface area contributed by atoms with Gasteiger partial charge in [-0.1, -0.05) is 0 Å². The topological polar surface area (TPSA) is 49.4 Å². The van der Waals surface area contributed by atoms with E-state index in [1.165, 1.54) is 17.9 Å². The fourth-order valence-corrected chi connectivity index (χ4v) is 2.42. The zero-order valence-electron chi connectivity index (χ0n) is 11.2. The quantitative estimate of drug-likeness (QED) is 0.926. The third kappa shape index (κ3) is 3.31. The van der Waals surface area contributed by atoms with E-state index in [0.29, 0.717) is 19.0 Å². The molecular formula is C14H16F2N2O2. The Hall–Kier alpha value is -1.98. The van der Waals surface area contributed by atoms with E-state index in [9.17, 15) is 18.4 Å². The number of hydrogen-bond acceptors (Lipinski definition) is 2. The second-order valence-electron chi connectivity index (χ2n) is 4.95. The molecule has 4 nitrogen and oxygen atoms in total. The Morgan fingerprint density at radius 1 is 1.40 bits per heavy atom. The number of Topliss-reactive ketones (excluding diaryl/α,β-unsaturated/α-hetero) is 1. The second-order valence-corrected chi connectivity index (χ2v) is 4.95. The Bertz CT molecular complexity index is 534. The highest BCUT2D eigenvalue weighted by Gasteiger charge is 2.29. The fraction of sp³-hybridized carbons (Fsp3) is 0.429. The molecule has 1 atom stereocenters. The number of likely N-dealkylation sites (tertiary alicyclic amines) is 1. The molecule has 2 rings (SSSR count). The summed E-state index contributed by atoms with van der Waals surface area (Å²) in [6.45, 7) is 2.01. The molecule has 0 aromatic heterocycles. The van der Waals surface area contributed by atoms with Crippen LogP contribution in [0.5, 0.6) is 0 Å². The number of amides is 2. The van der Waals surface area contributed by atoms with Crippen molar-refractivity contribution in [3.8, 4) is 0 Å². The lowest BCUT2D eigenvalue weighted by Gasteiger charge is -2.24. The molecule has 0 bridgehead atoms. The van der Waals surface area contributed by atoms with E-state index >= 15 is 0 Å². The van der Waals surface area contributed by atoms with Gasteiger partial charge in [0.25, 0.3) is 0 Å². The first-order chi connectivity index (χ1) is 9.47. The molecule has 1 unspecified atom stereocenters. The predicted molar refractivity (Wildman–Crippen MR) is 70.4 cm³/mol. The van der Waals surface area contributed by atoms with E-state index < -0.39 is 17.7 Å². The zero-order valence-corrected chi connectivity index (χ0v) is 11.2. The number of nitrogens with zero attached hydrogens (tertiary/aromatic N) is 1. The number of nitrogens with one attached hydrogen (secondary N) is 1. The van der Waals surface area contributed by atoms with Gasteiger partial charge in [0.15, 0.2) is 0 Å². The van der Waals surface area contributed by atoms with Gasteiger partial charge in [-0.25, -0.2) is 13.6 Å². The minimum absolute atomic E-state index is 0.0164. The number of rotatable bonds is 3. The van der Waals surface area contributed by atoms with Crippen LogP contribution in [0.25, 0.3) is 0 Å². The molecule has 0 spiro atoms. The van der Waals surface area contributed by atoms with E-state index in [2.05, 4.69) is 5.32 Å². The van der Waals surface area contributed by atoms with Gasteiger partial charge in [0.2, 0.25) is 0 Å². The number of anilines is 1. The molecule has 2 amide bonds. The Morgan fingerprint density at radius 3 is 2.80 bits per heavy atom. The van der Waals surface area contributed by atoms with Gasteiger partial charge >= 0.3 is 6.03 Å². The van der Waals surface area contributed by atoms with Gasteiger partial charge in [0.1, 0.15) is 17.4 Å². The highest BCUT2D eigenvalue weighted by atomic mass is 19.1. The summed E-state index contributed by atoms with van der Waals surface area (Å²) < 4.78 is 26.3. The van der Waals surface area contributed by atoms with Crippen molar-refractivity contribution in [2.45, 2.75) is 32.2 Å². The Labute approximate surface area is 115 Å². The van der Waals surface area contributed by atoms with Crippen molar-refractivity contribution in [3.05, 3.63) is 29.8 Å². The average Bonchev–Trinajstić information content (AvgIpc) is 2.80. The van der Waals surface area contributed by atoms with Crippen LogP contribution >= 0.6 is 0 Å². The average molecular weight is 282 g/mol. The normalized spacial score (nSPS) is 18.1. The van der Waals surface area contributed by atoms with Crippen LogP contribution in [0.1, 0.15) is 26.2 Å². The van der Waals surface area contributed by atoms with Crippen molar-refractivity contribution in [2.75, 3.05) is 11.9 Å². The molecule has 1 aromatic carbocycles. The maximum atomic E-state index is 13.5. The van der Waals surface area contributed by atoms with E-state index in [-0.39, 0.29) is 17.5 Å². The van der Waals surface area contributed by atoms with Crippen LogP contribution in [-0.2, 0) is 4.79 Å². The maximum Gasteiger partial charge on any atom is 0.322 e. The van der Waals surface area contributed by atoms with Gasteiger partial charge in [-0.05, 0) is 31.9 Å². The van der Waals surface area contributed by atoms with Gasteiger partial charge in [0, 0.05) is 25.1 Å². The lowest BCUT2D eigenvalue weighted by Crippen LogP contribution is -2.39. The second kappa shape index (κ2) is 5.98. The first-order valence-corrected chi connectivity index (χ1v) is 6.49. The van der Waals surface area contributed by atoms with Crippen LogP contribution in [-0.4, -0.2) is 29.3 Å². The Kier molecular flexibility index (Phi) is 4.32. The van der Waals surface area contributed by atoms with Crippen LogP contribution < -0.4 is 5.32 Å². The summed E-state index contributed by atoms with van der Waals surface area (Å²) in [6, 6.07) is 2.37. The largest absolute Gasteiger partial charge is 0.322 e. The lowest BCUT2D eigenvalue weighted by atomic mass is 10.1. The van der Waals surface area contributed by atoms with Crippen molar-refractivity contribution in [1.82, 2.24) is 4.90 Å². The number of ketones is 1. The summed E-state index contributed by atoms with van der Waals surface area (Å²) in [5.74, 6) is -1.50. The number of urea groups is 1. The molecule has 1 fully saturated rings. The molecule has 0 radical (unpaired) electrons. The third-order valence-electron chi connectivity index (χ3n) is 3.33. The van der Waals surface area contributed by atoms with Crippen molar-refractivity contribution in [1.29, 1.82) is 0 Å². The molecule has 0 aliphatic carbocycles. The summed E-state index contributed by atoms with van der Waals surface area (Å²) in [7, 11) is 0. The zero-order chi connectivity index (χ0) is 14.7. The summed E-state index contributed by atoms with van der Waals surface area (Å²) in [5.41, 5.74) is -0.0649. The number of carbonyl (C=O) groups is 2. The minimum atomic E-state index is -0.819. The van der Waals surface area contributed by atoms with E-state index in [1.807, 2.05) is 0 Å². The molecule has 1 aromatic rings.